The second kappa shape index (κ2) is 8.43. The van der Waals surface area contributed by atoms with Crippen LogP contribution in [0.1, 0.15) is 5.56 Å². The number of amides is 1. The second-order valence-corrected chi connectivity index (χ2v) is 7.19. The van der Waals surface area contributed by atoms with Crippen LogP contribution in [-0.4, -0.2) is 40.4 Å². The van der Waals surface area contributed by atoms with E-state index in [1.165, 1.54) is 37.4 Å². The fourth-order valence-electron chi connectivity index (χ4n) is 2.07. The van der Waals surface area contributed by atoms with Crippen molar-refractivity contribution in [2.24, 2.45) is 5.10 Å². The van der Waals surface area contributed by atoms with E-state index in [-0.39, 0.29) is 5.56 Å². The molecule has 2 aromatic rings. The molecule has 0 radical (unpaired) electrons. The van der Waals surface area contributed by atoms with Crippen molar-refractivity contribution in [2.45, 2.75) is 0 Å². The van der Waals surface area contributed by atoms with Gasteiger partial charge in [-0.2, -0.15) is 5.10 Å². The Hall–Kier alpha value is -2.94. The molecule has 138 valence electrons. The molecule has 2 aromatic carbocycles. The lowest BCUT2D eigenvalue weighted by Gasteiger charge is -2.21. The molecule has 26 heavy (non-hydrogen) atoms. The Bertz CT molecular complexity index is 898. The molecule has 0 aliphatic carbocycles. The zero-order chi connectivity index (χ0) is 19.2. The normalized spacial score (nSPS) is 11.3. The number of benzene rings is 2. The molecule has 0 spiro atoms. The third-order valence-electron chi connectivity index (χ3n) is 3.35. The zero-order valence-electron chi connectivity index (χ0n) is 14.2. The van der Waals surface area contributed by atoms with Crippen molar-refractivity contribution in [3.05, 3.63) is 59.9 Å². The SMILES string of the molecule is COc1ccc(N(CC(=O)N/N=C/c2ccccc2F)S(C)(=O)=O)cc1. The van der Waals surface area contributed by atoms with Crippen molar-refractivity contribution in [2.75, 3.05) is 24.2 Å². The maximum atomic E-state index is 13.5. The average Bonchev–Trinajstić information content (AvgIpc) is 2.60. The Labute approximate surface area is 151 Å². The Morgan fingerprint density at radius 1 is 1.23 bits per heavy atom. The number of carbonyl (C=O) groups excluding carboxylic acids is 1. The van der Waals surface area contributed by atoms with Gasteiger partial charge in [0.2, 0.25) is 10.0 Å². The predicted octanol–water partition coefficient (Wildman–Crippen LogP) is 1.75. The number of anilines is 1. The van der Waals surface area contributed by atoms with E-state index in [1.54, 1.807) is 18.2 Å². The van der Waals surface area contributed by atoms with Crippen LogP contribution in [0.3, 0.4) is 0 Å². The van der Waals surface area contributed by atoms with E-state index < -0.39 is 28.3 Å². The van der Waals surface area contributed by atoms with E-state index in [0.29, 0.717) is 11.4 Å². The van der Waals surface area contributed by atoms with Crippen LogP contribution in [0, 0.1) is 5.82 Å². The maximum Gasteiger partial charge on any atom is 0.260 e. The first-order valence-electron chi connectivity index (χ1n) is 7.49. The van der Waals surface area contributed by atoms with Gasteiger partial charge in [-0.1, -0.05) is 18.2 Å². The van der Waals surface area contributed by atoms with Crippen molar-refractivity contribution >= 4 is 27.8 Å². The molecule has 0 bridgehead atoms. The van der Waals surface area contributed by atoms with Crippen molar-refractivity contribution < 1.29 is 22.3 Å². The Balaban J connectivity index is 2.08. The summed E-state index contributed by atoms with van der Waals surface area (Å²) in [4.78, 5) is 12.0. The fourth-order valence-corrected chi connectivity index (χ4v) is 2.92. The van der Waals surface area contributed by atoms with Crippen LogP contribution in [-0.2, 0) is 14.8 Å². The highest BCUT2D eigenvalue weighted by molar-refractivity contribution is 7.92. The minimum atomic E-state index is -3.70. The number of hydrogen-bond donors (Lipinski definition) is 1. The minimum absolute atomic E-state index is 0.197. The van der Waals surface area contributed by atoms with Gasteiger partial charge in [-0.05, 0) is 30.3 Å². The molecule has 0 aliphatic rings. The molecule has 7 nitrogen and oxygen atoms in total. The van der Waals surface area contributed by atoms with Crippen molar-refractivity contribution in [3.63, 3.8) is 0 Å². The molecule has 0 atom stereocenters. The summed E-state index contributed by atoms with van der Waals surface area (Å²) in [5.74, 6) is -0.596. The van der Waals surface area contributed by atoms with Gasteiger partial charge in [-0.15, -0.1) is 0 Å². The van der Waals surface area contributed by atoms with E-state index in [4.69, 9.17) is 4.74 Å². The largest absolute Gasteiger partial charge is 0.497 e. The first-order chi connectivity index (χ1) is 12.3. The smallest absolute Gasteiger partial charge is 0.260 e. The van der Waals surface area contributed by atoms with Gasteiger partial charge in [0.25, 0.3) is 5.91 Å². The summed E-state index contributed by atoms with van der Waals surface area (Å²) in [6.45, 7) is -0.472. The van der Waals surface area contributed by atoms with Gasteiger partial charge < -0.3 is 4.74 Å². The third kappa shape index (κ3) is 5.28. The predicted molar refractivity (Wildman–Crippen MR) is 97.3 cm³/mol. The number of hydrogen-bond acceptors (Lipinski definition) is 5. The Kier molecular flexibility index (Phi) is 6.29. The van der Waals surface area contributed by atoms with Gasteiger partial charge in [0.05, 0.1) is 25.3 Å². The monoisotopic (exact) mass is 379 g/mol. The molecule has 9 heteroatoms. The lowest BCUT2D eigenvalue weighted by Crippen LogP contribution is -2.39. The van der Waals surface area contributed by atoms with E-state index in [1.807, 2.05) is 0 Å². The van der Waals surface area contributed by atoms with E-state index >= 15 is 0 Å². The Morgan fingerprint density at radius 2 is 1.88 bits per heavy atom. The summed E-state index contributed by atoms with van der Waals surface area (Å²) >= 11 is 0. The van der Waals surface area contributed by atoms with Gasteiger partial charge in [0.15, 0.2) is 0 Å². The van der Waals surface area contributed by atoms with Gasteiger partial charge in [-0.25, -0.2) is 18.2 Å². The number of carbonyl (C=O) groups is 1. The summed E-state index contributed by atoms with van der Waals surface area (Å²) in [6.07, 6.45) is 2.14. The van der Waals surface area contributed by atoms with Crippen LogP contribution >= 0.6 is 0 Å². The number of methoxy groups -OCH3 is 1. The van der Waals surface area contributed by atoms with Crippen LogP contribution in [0.15, 0.2) is 53.6 Å². The van der Waals surface area contributed by atoms with Crippen LogP contribution in [0.2, 0.25) is 0 Å². The highest BCUT2D eigenvalue weighted by Gasteiger charge is 2.20. The lowest BCUT2D eigenvalue weighted by atomic mass is 10.2. The number of halogens is 1. The molecule has 2 rings (SSSR count). The standard InChI is InChI=1S/C17H18FN3O4S/c1-25-15-9-7-14(8-10-15)21(26(2,23)24)12-17(22)20-19-11-13-5-3-4-6-16(13)18/h3-11H,12H2,1-2H3,(H,20,22)/b19-11+. The molecule has 0 saturated heterocycles. The topological polar surface area (TPSA) is 88.1 Å². The summed E-state index contributed by atoms with van der Waals surface area (Å²) in [5.41, 5.74) is 2.69. The third-order valence-corrected chi connectivity index (χ3v) is 4.49. The van der Waals surface area contributed by atoms with E-state index in [0.717, 1.165) is 16.8 Å². The number of rotatable bonds is 7. The quantitative estimate of drug-likeness (QED) is 0.586. The van der Waals surface area contributed by atoms with Crippen LogP contribution in [0.5, 0.6) is 5.75 Å². The number of nitrogens with zero attached hydrogens (tertiary/aromatic N) is 2. The zero-order valence-corrected chi connectivity index (χ0v) is 15.0. The van der Waals surface area contributed by atoms with Crippen molar-refractivity contribution in [3.8, 4) is 5.75 Å². The molecular formula is C17H18FN3O4S. The highest BCUT2D eigenvalue weighted by Crippen LogP contribution is 2.21. The van der Waals surface area contributed by atoms with Crippen LogP contribution in [0.4, 0.5) is 10.1 Å². The number of sulfonamides is 1. The lowest BCUT2D eigenvalue weighted by molar-refractivity contribution is -0.119. The fraction of sp³-hybridized carbons (Fsp3) is 0.176. The van der Waals surface area contributed by atoms with Crippen molar-refractivity contribution in [1.82, 2.24) is 5.43 Å². The summed E-state index contributed by atoms with van der Waals surface area (Å²) in [5, 5.41) is 3.65. The first-order valence-corrected chi connectivity index (χ1v) is 9.34. The minimum Gasteiger partial charge on any atom is -0.497 e. The van der Waals surface area contributed by atoms with Gasteiger partial charge in [0.1, 0.15) is 18.1 Å². The highest BCUT2D eigenvalue weighted by atomic mass is 32.2. The summed E-state index contributed by atoms with van der Waals surface area (Å²) in [7, 11) is -2.21. The summed E-state index contributed by atoms with van der Waals surface area (Å²) in [6, 6.07) is 12.1. The molecule has 1 N–H and O–H groups in total. The molecule has 0 heterocycles. The Morgan fingerprint density at radius 3 is 2.46 bits per heavy atom. The van der Waals surface area contributed by atoms with Crippen LogP contribution in [0.25, 0.3) is 0 Å². The number of hydrazone groups is 1. The number of nitrogens with one attached hydrogen (secondary N) is 1. The number of ether oxygens (including phenoxy) is 1. The molecule has 0 saturated carbocycles. The van der Waals surface area contributed by atoms with Gasteiger partial charge in [0, 0.05) is 5.56 Å². The van der Waals surface area contributed by atoms with Gasteiger partial charge in [-0.3, -0.25) is 9.10 Å². The molecule has 0 aromatic heterocycles. The molecule has 0 aliphatic heterocycles. The van der Waals surface area contributed by atoms with E-state index in [9.17, 15) is 17.6 Å². The van der Waals surface area contributed by atoms with Gasteiger partial charge >= 0.3 is 0 Å². The molecule has 1 amide bonds. The summed E-state index contributed by atoms with van der Waals surface area (Å²) < 4.78 is 43.4. The average molecular weight is 379 g/mol. The molecule has 0 unspecified atom stereocenters. The maximum absolute atomic E-state index is 13.5. The van der Waals surface area contributed by atoms with Crippen molar-refractivity contribution in [1.29, 1.82) is 0 Å². The first kappa shape index (κ1) is 19.4. The second-order valence-electron chi connectivity index (χ2n) is 5.28. The van der Waals surface area contributed by atoms with Crippen LogP contribution < -0.4 is 14.5 Å². The molecule has 0 fully saturated rings. The molecular weight excluding hydrogens is 361 g/mol. The van der Waals surface area contributed by atoms with E-state index in [2.05, 4.69) is 10.5 Å².